The molecule has 0 radical (unpaired) electrons. The van der Waals surface area contributed by atoms with Gasteiger partial charge in [0, 0.05) is 13.2 Å². The summed E-state index contributed by atoms with van der Waals surface area (Å²) in [7, 11) is 0. The number of nitrogens with two attached hydrogens (primary N) is 1. The molecule has 0 aromatic rings. The molecule has 1 unspecified atom stereocenters. The van der Waals surface area contributed by atoms with Crippen molar-refractivity contribution in [1.29, 1.82) is 0 Å². The Labute approximate surface area is 111 Å². The van der Waals surface area contributed by atoms with Crippen LogP contribution in [0.15, 0.2) is 0 Å². The van der Waals surface area contributed by atoms with Gasteiger partial charge in [-0.05, 0) is 26.2 Å². The van der Waals surface area contributed by atoms with Crippen LogP contribution in [0.4, 0.5) is 13.2 Å². The molecule has 0 fully saturated rings. The van der Waals surface area contributed by atoms with Crippen molar-refractivity contribution in [2.24, 2.45) is 11.1 Å². The number of carbonyl (C=O) groups is 1. The normalized spacial score (nSPS) is 15.1. The van der Waals surface area contributed by atoms with Crippen molar-refractivity contribution in [2.45, 2.75) is 39.3 Å². The van der Waals surface area contributed by atoms with E-state index < -0.39 is 24.2 Å². The fourth-order valence-electron chi connectivity index (χ4n) is 1.74. The molecule has 0 aliphatic heterocycles. The van der Waals surface area contributed by atoms with E-state index in [0.717, 1.165) is 0 Å². The molecule has 0 spiro atoms. The molecule has 7 heteroatoms. The molecule has 19 heavy (non-hydrogen) atoms. The van der Waals surface area contributed by atoms with Crippen LogP contribution >= 0.6 is 0 Å². The lowest BCUT2D eigenvalue weighted by molar-refractivity contribution is -0.175. The Kier molecular flexibility index (Phi) is 8.01. The quantitative estimate of drug-likeness (QED) is 0.521. The molecule has 0 aromatic carbocycles. The van der Waals surface area contributed by atoms with Crippen molar-refractivity contribution in [1.82, 2.24) is 0 Å². The van der Waals surface area contributed by atoms with Crippen LogP contribution in [-0.2, 0) is 14.3 Å². The summed E-state index contributed by atoms with van der Waals surface area (Å²) in [6.45, 7) is 2.54. The summed E-state index contributed by atoms with van der Waals surface area (Å²) in [6, 6.07) is 0. The fourth-order valence-corrected chi connectivity index (χ4v) is 1.74. The topological polar surface area (TPSA) is 61.5 Å². The van der Waals surface area contributed by atoms with E-state index in [0.29, 0.717) is 19.3 Å². The van der Waals surface area contributed by atoms with Crippen LogP contribution in [0, 0.1) is 5.41 Å². The highest BCUT2D eigenvalue weighted by molar-refractivity contribution is 5.77. The second kappa shape index (κ2) is 8.37. The molecule has 2 N–H and O–H groups in total. The molecular formula is C12H22F3NO3. The summed E-state index contributed by atoms with van der Waals surface area (Å²) < 4.78 is 45.0. The highest BCUT2D eigenvalue weighted by atomic mass is 19.4. The number of hydrogen-bond donors (Lipinski definition) is 1. The largest absolute Gasteiger partial charge is 0.466 e. The molecule has 0 aliphatic rings. The highest BCUT2D eigenvalue weighted by Gasteiger charge is 2.36. The van der Waals surface area contributed by atoms with Crippen molar-refractivity contribution >= 4 is 5.97 Å². The van der Waals surface area contributed by atoms with Crippen LogP contribution in [0.2, 0.25) is 0 Å². The first kappa shape index (κ1) is 18.2. The lowest BCUT2D eigenvalue weighted by Crippen LogP contribution is -2.39. The Balaban J connectivity index is 4.18. The van der Waals surface area contributed by atoms with Crippen LogP contribution in [0.25, 0.3) is 0 Å². The van der Waals surface area contributed by atoms with Crippen LogP contribution in [-0.4, -0.2) is 38.5 Å². The summed E-state index contributed by atoms with van der Waals surface area (Å²) in [5, 5.41) is 0. The van der Waals surface area contributed by atoms with Gasteiger partial charge in [-0.25, -0.2) is 0 Å². The molecule has 0 heterocycles. The predicted octanol–water partition coefficient (Wildman–Crippen LogP) is 2.26. The van der Waals surface area contributed by atoms with E-state index in [4.69, 9.17) is 10.5 Å². The number of hydrogen-bond acceptors (Lipinski definition) is 4. The lowest BCUT2D eigenvalue weighted by Gasteiger charge is -2.28. The van der Waals surface area contributed by atoms with E-state index in [2.05, 4.69) is 4.74 Å². The van der Waals surface area contributed by atoms with Crippen molar-refractivity contribution < 1.29 is 27.4 Å². The van der Waals surface area contributed by atoms with Crippen molar-refractivity contribution in [3.8, 4) is 0 Å². The fraction of sp³-hybridized carbons (Fsp3) is 0.917. The molecule has 0 aliphatic carbocycles. The standard InChI is InChI=1S/C12H22F3NO3/c1-3-11(8-16,10(17)19-4-2)6-5-7-18-9-12(13,14)15/h3-9,16H2,1-2H3. The molecule has 0 saturated carbocycles. The second-order valence-corrected chi connectivity index (χ2v) is 4.33. The van der Waals surface area contributed by atoms with Crippen LogP contribution < -0.4 is 5.73 Å². The summed E-state index contributed by atoms with van der Waals surface area (Å²) in [5.74, 6) is -0.393. The van der Waals surface area contributed by atoms with E-state index >= 15 is 0 Å². The van der Waals surface area contributed by atoms with Crippen molar-refractivity contribution in [3.63, 3.8) is 0 Å². The van der Waals surface area contributed by atoms with Gasteiger partial charge in [0.1, 0.15) is 6.61 Å². The zero-order valence-corrected chi connectivity index (χ0v) is 11.4. The third-order valence-corrected chi connectivity index (χ3v) is 2.99. The van der Waals surface area contributed by atoms with Crippen LogP contribution in [0.3, 0.4) is 0 Å². The molecule has 4 nitrogen and oxygen atoms in total. The Bertz CT molecular complexity index is 265. The van der Waals surface area contributed by atoms with E-state index in [-0.39, 0.29) is 19.8 Å². The SMILES string of the molecule is CCOC(=O)C(CC)(CN)CCCOCC(F)(F)F. The number of rotatable bonds is 9. The Morgan fingerprint density at radius 1 is 1.26 bits per heavy atom. The lowest BCUT2D eigenvalue weighted by atomic mass is 9.81. The third-order valence-electron chi connectivity index (χ3n) is 2.99. The van der Waals surface area contributed by atoms with E-state index in [1.54, 1.807) is 13.8 Å². The number of carbonyl (C=O) groups excluding carboxylic acids is 1. The summed E-state index contributed by atoms with van der Waals surface area (Å²) in [5.41, 5.74) is 4.79. The second-order valence-electron chi connectivity index (χ2n) is 4.33. The van der Waals surface area contributed by atoms with Gasteiger partial charge in [0.05, 0.1) is 12.0 Å². The minimum atomic E-state index is -4.32. The molecule has 1 atom stereocenters. The van der Waals surface area contributed by atoms with E-state index in [1.807, 2.05) is 0 Å². The molecular weight excluding hydrogens is 263 g/mol. The van der Waals surface area contributed by atoms with Gasteiger partial charge in [0.25, 0.3) is 0 Å². The maximum Gasteiger partial charge on any atom is 0.411 e. The van der Waals surface area contributed by atoms with Gasteiger partial charge in [-0.15, -0.1) is 0 Å². The molecule has 0 bridgehead atoms. The number of halogens is 3. The average Bonchev–Trinajstić information content (AvgIpc) is 2.33. The third kappa shape index (κ3) is 6.77. The van der Waals surface area contributed by atoms with Gasteiger partial charge in [0.15, 0.2) is 0 Å². The Morgan fingerprint density at radius 3 is 2.32 bits per heavy atom. The minimum Gasteiger partial charge on any atom is -0.466 e. The Hall–Kier alpha value is -0.820. The van der Waals surface area contributed by atoms with E-state index in [9.17, 15) is 18.0 Å². The maximum atomic E-state index is 11.9. The van der Waals surface area contributed by atoms with Gasteiger partial charge >= 0.3 is 12.1 Å². The minimum absolute atomic E-state index is 0.0549. The zero-order valence-electron chi connectivity index (χ0n) is 11.4. The van der Waals surface area contributed by atoms with Crippen LogP contribution in [0.5, 0.6) is 0 Å². The van der Waals surface area contributed by atoms with Gasteiger partial charge < -0.3 is 15.2 Å². The predicted molar refractivity (Wildman–Crippen MR) is 64.5 cm³/mol. The van der Waals surface area contributed by atoms with Crippen molar-refractivity contribution in [2.75, 3.05) is 26.4 Å². The van der Waals surface area contributed by atoms with Crippen molar-refractivity contribution in [3.05, 3.63) is 0 Å². The van der Waals surface area contributed by atoms with Gasteiger partial charge in [-0.2, -0.15) is 13.2 Å². The maximum absolute atomic E-state index is 11.9. The van der Waals surface area contributed by atoms with Gasteiger partial charge in [-0.1, -0.05) is 6.92 Å². The summed E-state index contributed by atoms with van der Waals surface area (Å²) in [4.78, 5) is 11.8. The number of ether oxygens (including phenoxy) is 2. The van der Waals surface area contributed by atoms with Gasteiger partial charge in [-0.3, -0.25) is 4.79 Å². The average molecular weight is 285 g/mol. The monoisotopic (exact) mass is 285 g/mol. The molecule has 0 rings (SSSR count). The number of esters is 1. The Morgan fingerprint density at radius 2 is 1.89 bits per heavy atom. The van der Waals surface area contributed by atoms with E-state index in [1.165, 1.54) is 0 Å². The molecule has 0 amide bonds. The molecule has 114 valence electrons. The highest BCUT2D eigenvalue weighted by Crippen LogP contribution is 2.29. The first-order chi connectivity index (χ1) is 8.81. The van der Waals surface area contributed by atoms with Gasteiger partial charge in [0.2, 0.25) is 0 Å². The molecule has 0 saturated heterocycles. The first-order valence-electron chi connectivity index (χ1n) is 6.33. The number of alkyl halides is 3. The zero-order chi connectivity index (χ0) is 14.9. The van der Waals surface area contributed by atoms with Crippen LogP contribution in [0.1, 0.15) is 33.1 Å². The first-order valence-corrected chi connectivity index (χ1v) is 6.33. The molecule has 0 aromatic heterocycles. The smallest absolute Gasteiger partial charge is 0.411 e. The summed E-state index contributed by atoms with van der Waals surface area (Å²) >= 11 is 0. The summed E-state index contributed by atoms with van der Waals surface area (Å²) in [6.07, 6.45) is -3.14.